The van der Waals surface area contributed by atoms with E-state index in [1.54, 1.807) is 14.2 Å². The Morgan fingerprint density at radius 2 is 2.06 bits per heavy atom. The quantitative estimate of drug-likeness (QED) is 0.599. The van der Waals surface area contributed by atoms with Crippen molar-refractivity contribution in [3.63, 3.8) is 0 Å². The molecular weight excluding hydrogens is 228 g/mol. The molecule has 0 aromatic rings. The fourth-order valence-corrected chi connectivity index (χ4v) is 2.73. The molecule has 0 aromatic carbocycles. The molecule has 0 fully saturated rings. The predicted molar refractivity (Wildman–Crippen MR) is 66.0 cm³/mol. The van der Waals surface area contributed by atoms with Crippen LogP contribution in [0.2, 0.25) is 0 Å². The highest BCUT2D eigenvalue weighted by molar-refractivity contribution is 7.89. The van der Waals surface area contributed by atoms with E-state index in [2.05, 4.69) is 5.32 Å². The Labute approximate surface area is 99.2 Å². The van der Waals surface area contributed by atoms with E-state index in [1.807, 2.05) is 13.8 Å². The Balaban J connectivity index is 4.10. The molecule has 1 atom stereocenters. The summed E-state index contributed by atoms with van der Waals surface area (Å²) in [7, 11) is 0.0262. The van der Waals surface area contributed by atoms with E-state index in [9.17, 15) is 8.42 Å². The van der Waals surface area contributed by atoms with Crippen molar-refractivity contribution >= 4 is 10.0 Å². The summed E-state index contributed by atoms with van der Waals surface area (Å²) in [6.07, 6.45) is 0.639. The summed E-state index contributed by atoms with van der Waals surface area (Å²) in [6, 6.07) is -0.117. The number of nitrogens with zero attached hydrogens (tertiary/aromatic N) is 1. The molecule has 0 saturated heterocycles. The van der Waals surface area contributed by atoms with Crippen molar-refractivity contribution in [1.82, 2.24) is 9.62 Å². The van der Waals surface area contributed by atoms with E-state index in [0.29, 0.717) is 13.0 Å². The minimum atomic E-state index is -3.15. The van der Waals surface area contributed by atoms with Gasteiger partial charge in [-0.2, -0.15) is 4.31 Å². The van der Waals surface area contributed by atoms with Crippen LogP contribution < -0.4 is 5.32 Å². The van der Waals surface area contributed by atoms with Gasteiger partial charge in [-0.15, -0.1) is 0 Å². The minimum Gasteiger partial charge on any atom is -0.383 e. The smallest absolute Gasteiger partial charge is 0.214 e. The fraction of sp³-hybridized carbons (Fsp3) is 1.00. The van der Waals surface area contributed by atoms with E-state index in [4.69, 9.17) is 4.74 Å². The van der Waals surface area contributed by atoms with Crippen LogP contribution in [0.15, 0.2) is 0 Å². The molecule has 5 nitrogen and oxygen atoms in total. The van der Waals surface area contributed by atoms with E-state index in [0.717, 1.165) is 13.1 Å². The number of sulfonamides is 1. The number of rotatable bonds is 9. The normalized spacial score (nSPS) is 14.3. The van der Waals surface area contributed by atoms with E-state index < -0.39 is 10.0 Å². The first-order valence-electron chi connectivity index (χ1n) is 5.61. The lowest BCUT2D eigenvalue weighted by Gasteiger charge is -2.23. The van der Waals surface area contributed by atoms with Crippen LogP contribution >= 0.6 is 0 Å². The standard InChI is InChI=1S/C10H24N2O3S/c1-5-11-7-6-8-16(13,14)12(3)10(2)9-15-4/h10-11H,5-9H2,1-4H3. The summed E-state index contributed by atoms with van der Waals surface area (Å²) in [5, 5.41) is 3.11. The molecule has 0 aromatic heterocycles. The van der Waals surface area contributed by atoms with E-state index in [-0.39, 0.29) is 11.8 Å². The van der Waals surface area contributed by atoms with Crippen molar-refractivity contribution in [3.8, 4) is 0 Å². The van der Waals surface area contributed by atoms with Gasteiger partial charge in [-0.1, -0.05) is 6.92 Å². The molecule has 16 heavy (non-hydrogen) atoms. The second-order valence-corrected chi connectivity index (χ2v) is 5.99. The third-order valence-corrected chi connectivity index (χ3v) is 4.52. The van der Waals surface area contributed by atoms with Crippen LogP contribution in [0.5, 0.6) is 0 Å². The summed E-state index contributed by atoms with van der Waals surface area (Å²) in [5.41, 5.74) is 0. The van der Waals surface area contributed by atoms with Crippen LogP contribution in [0.3, 0.4) is 0 Å². The Morgan fingerprint density at radius 1 is 1.44 bits per heavy atom. The van der Waals surface area contributed by atoms with E-state index >= 15 is 0 Å². The van der Waals surface area contributed by atoms with Crippen molar-refractivity contribution in [1.29, 1.82) is 0 Å². The van der Waals surface area contributed by atoms with Crippen LogP contribution in [0.25, 0.3) is 0 Å². The third-order valence-electron chi connectivity index (χ3n) is 2.47. The van der Waals surface area contributed by atoms with Gasteiger partial charge >= 0.3 is 0 Å². The highest BCUT2D eigenvalue weighted by Gasteiger charge is 2.22. The molecule has 1 N–H and O–H groups in total. The predicted octanol–water partition coefficient (Wildman–Crippen LogP) is 0.283. The number of methoxy groups -OCH3 is 1. The van der Waals surface area contributed by atoms with Crippen LogP contribution in [0, 0.1) is 0 Å². The molecule has 0 rings (SSSR count). The van der Waals surface area contributed by atoms with Gasteiger partial charge in [0.1, 0.15) is 0 Å². The van der Waals surface area contributed by atoms with Crippen molar-refractivity contribution in [2.45, 2.75) is 26.3 Å². The highest BCUT2D eigenvalue weighted by Crippen LogP contribution is 2.06. The number of hydrogen-bond donors (Lipinski definition) is 1. The van der Waals surface area contributed by atoms with Crippen LogP contribution in [0.4, 0.5) is 0 Å². The zero-order valence-corrected chi connectivity index (χ0v) is 11.5. The lowest BCUT2D eigenvalue weighted by molar-refractivity contribution is 0.149. The van der Waals surface area contributed by atoms with Gasteiger partial charge in [0, 0.05) is 20.2 Å². The minimum absolute atomic E-state index is 0.117. The van der Waals surface area contributed by atoms with Gasteiger partial charge < -0.3 is 10.1 Å². The Hall–Kier alpha value is -0.170. The maximum absolute atomic E-state index is 11.9. The summed E-state index contributed by atoms with van der Waals surface area (Å²) in [6.45, 7) is 5.87. The largest absolute Gasteiger partial charge is 0.383 e. The number of hydrogen-bond acceptors (Lipinski definition) is 4. The molecule has 1 unspecified atom stereocenters. The first-order chi connectivity index (χ1) is 7.45. The van der Waals surface area contributed by atoms with Gasteiger partial charge in [-0.25, -0.2) is 8.42 Å². The lowest BCUT2D eigenvalue weighted by atomic mass is 10.4. The van der Waals surface area contributed by atoms with Gasteiger partial charge in [0.25, 0.3) is 0 Å². The molecule has 0 saturated carbocycles. The molecule has 0 heterocycles. The Bertz CT molecular complexity index is 267. The molecule has 0 aliphatic rings. The summed E-state index contributed by atoms with van der Waals surface area (Å²) >= 11 is 0. The third kappa shape index (κ3) is 5.79. The molecule has 0 amide bonds. The highest BCUT2D eigenvalue weighted by atomic mass is 32.2. The summed E-state index contributed by atoms with van der Waals surface area (Å²) in [4.78, 5) is 0. The molecular formula is C10H24N2O3S. The molecule has 0 radical (unpaired) electrons. The average Bonchev–Trinajstić information content (AvgIpc) is 2.23. The van der Waals surface area contributed by atoms with Gasteiger partial charge in [0.2, 0.25) is 10.0 Å². The first kappa shape index (κ1) is 15.8. The van der Waals surface area contributed by atoms with Crippen molar-refractivity contribution in [2.24, 2.45) is 0 Å². The van der Waals surface area contributed by atoms with Crippen LogP contribution in [0.1, 0.15) is 20.3 Å². The van der Waals surface area contributed by atoms with Gasteiger partial charge in [0.05, 0.1) is 12.4 Å². The summed E-state index contributed by atoms with van der Waals surface area (Å²) in [5.74, 6) is 0.185. The molecule has 6 heteroatoms. The second kappa shape index (κ2) is 8.00. The molecule has 0 aliphatic heterocycles. The molecule has 0 spiro atoms. The maximum Gasteiger partial charge on any atom is 0.214 e. The number of likely N-dealkylation sites (N-methyl/N-ethyl adjacent to an activating group) is 1. The zero-order chi connectivity index (χ0) is 12.6. The van der Waals surface area contributed by atoms with Crippen LogP contribution in [-0.2, 0) is 14.8 Å². The zero-order valence-electron chi connectivity index (χ0n) is 10.7. The second-order valence-electron chi connectivity index (χ2n) is 3.84. The topological polar surface area (TPSA) is 58.6 Å². The van der Waals surface area contributed by atoms with Crippen molar-refractivity contribution in [3.05, 3.63) is 0 Å². The van der Waals surface area contributed by atoms with Gasteiger partial charge in [-0.05, 0) is 26.4 Å². The molecule has 0 aliphatic carbocycles. The Kier molecular flexibility index (Phi) is 7.91. The SMILES string of the molecule is CCNCCCS(=O)(=O)N(C)C(C)COC. The first-order valence-corrected chi connectivity index (χ1v) is 7.22. The fourth-order valence-electron chi connectivity index (χ4n) is 1.32. The van der Waals surface area contributed by atoms with Crippen molar-refractivity contribution in [2.75, 3.05) is 39.6 Å². The number of ether oxygens (including phenoxy) is 1. The average molecular weight is 252 g/mol. The number of nitrogens with one attached hydrogen (secondary N) is 1. The van der Waals surface area contributed by atoms with Gasteiger partial charge in [0.15, 0.2) is 0 Å². The monoisotopic (exact) mass is 252 g/mol. The lowest BCUT2D eigenvalue weighted by Crippen LogP contribution is -2.39. The van der Waals surface area contributed by atoms with Gasteiger partial charge in [-0.3, -0.25) is 0 Å². The van der Waals surface area contributed by atoms with Crippen molar-refractivity contribution < 1.29 is 13.2 Å². The molecule has 0 bridgehead atoms. The Morgan fingerprint density at radius 3 is 2.56 bits per heavy atom. The molecule has 98 valence electrons. The van der Waals surface area contributed by atoms with Crippen LogP contribution in [-0.4, -0.2) is 58.4 Å². The summed E-state index contributed by atoms with van der Waals surface area (Å²) < 4.78 is 30.0. The maximum atomic E-state index is 11.9. The van der Waals surface area contributed by atoms with E-state index in [1.165, 1.54) is 4.31 Å².